The predicted molar refractivity (Wildman–Crippen MR) is 65.7 cm³/mol. The summed E-state index contributed by atoms with van der Waals surface area (Å²) in [5.74, 6) is 0.573. The smallest absolute Gasteiger partial charge is 0.128 e. The molecule has 1 atom stereocenters. The van der Waals surface area contributed by atoms with Crippen LogP contribution in [0.25, 0.3) is 0 Å². The van der Waals surface area contributed by atoms with Gasteiger partial charge in [0.2, 0.25) is 0 Å². The zero-order valence-electron chi connectivity index (χ0n) is 9.10. The number of rotatable bonds is 2. The lowest BCUT2D eigenvalue weighted by molar-refractivity contribution is 0.322. The molecule has 0 bridgehead atoms. The molecule has 1 heterocycles. The Balaban J connectivity index is 2.08. The number of hydrogen-bond acceptors (Lipinski definition) is 1. The SMILES string of the molecule is Fc1ccc(Br)cc1C1(C2CC2)CCCN1. The number of halogens is 2. The van der Waals surface area contributed by atoms with E-state index in [0.717, 1.165) is 29.4 Å². The maximum atomic E-state index is 14.0. The summed E-state index contributed by atoms with van der Waals surface area (Å²) in [4.78, 5) is 0. The number of nitrogens with one attached hydrogen (secondary N) is 1. The van der Waals surface area contributed by atoms with E-state index in [1.165, 1.54) is 12.8 Å². The van der Waals surface area contributed by atoms with Crippen molar-refractivity contribution < 1.29 is 4.39 Å². The van der Waals surface area contributed by atoms with E-state index in [9.17, 15) is 4.39 Å². The largest absolute Gasteiger partial charge is 0.307 e. The summed E-state index contributed by atoms with van der Waals surface area (Å²) in [6, 6.07) is 5.30. The predicted octanol–water partition coefficient (Wildman–Crippen LogP) is 3.58. The lowest BCUT2D eigenvalue weighted by Gasteiger charge is -2.31. The first kappa shape index (κ1) is 10.7. The molecule has 1 nitrogen and oxygen atoms in total. The minimum Gasteiger partial charge on any atom is -0.307 e. The maximum Gasteiger partial charge on any atom is 0.128 e. The molecule has 1 aromatic rings. The van der Waals surface area contributed by atoms with Gasteiger partial charge in [-0.15, -0.1) is 0 Å². The van der Waals surface area contributed by atoms with Gasteiger partial charge in [0.1, 0.15) is 5.82 Å². The third-order valence-electron chi connectivity index (χ3n) is 3.87. The van der Waals surface area contributed by atoms with E-state index in [4.69, 9.17) is 0 Å². The fraction of sp³-hybridized carbons (Fsp3) is 0.538. The maximum absolute atomic E-state index is 14.0. The average Bonchev–Trinajstić information content (AvgIpc) is 3.02. The van der Waals surface area contributed by atoms with Crippen molar-refractivity contribution >= 4 is 15.9 Å². The van der Waals surface area contributed by atoms with Crippen LogP contribution in [0.1, 0.15) is 31.2 Å². The highest BCUT2D eigenvalue weighted by Crippen LogP contribution is 2.51. The van der Waals surface area contributed by atoms with Crippen LogP contribution in [0.2, 0.25) is 0 Å². The normalized spacial score (nSPS) is 29.6. The molecule has 1 saturated carbocycles. The number of hydrogen-bond donors (Lipinski definition) is 1. The third kappa shape index (κ3) is 1.61. The molecule has 1 aliphatic carbocycles. The second kappa shape index (κ2) is 3.81. The van der Waals surface area contributed by atoms with Crippen molar-refractivity contribution in [1.82, 2.24) is 5.32 Å². The van der Waals surface area contributed by atoms with Gasteiger partial charge in [-0.1, -0.05) is 15.9 Å². The molecule has 0 amide bonds. The zero-order valence-corrected chi connectivity index (χ0v) is 10.7. The van der Waals surface area contributed by atoms with Crippen LogP contribution in [-0.4, -0.2) is 6.54 Å². The second-order valence-corrected chi connectivity index (χ2v) is 5.82. The molecule has 0 spiro atoms. The first-order valence-electron chi connectivity index (χ1n) is 5.93. The Hall–Kier alpha value is -0.410. The second-order valence-electron chi connectivity index (χ2n) is 4.90. The van der Waals surface area contributed by atoms with Crippen LogP contribution < -0.4 is 5.32 Å². The van der Waals surface area contributed by atoms with E-state index in [2.05, 4.69) is 21.2 Å². The molecular formula is C13H15BrFN. The molecule has 1 saturated heterocycles. The molecule has 0 radical (unpaired) electrons. The van der Waals surface area contributed by atoms with Gasteiger partial charge in [0, 0.05) is 15.6 Å². The molecule has 1 unspecified atom stereocenters. The number of benzene rings is 1. The van der Waals surface area contributed by atoms with Crippen molar-refractivity contribution in [2.24, 2.45) is 5.92 Å². The Labute approximate surface area is 104 Å². The molecule has 3 rings (SSSR count). The van der Waals surface area contributed by atoms with Crippen molar-refractivity contribution in [1.29, 1.82) is 0 Å². The highest BCUT2D eigenvalue weighted by atomic mass is 79.9. The Morgan fingerprint density at radius 1 is 1.38 bits per heavy atom. The molecule has 16 heavy (non-hydrogen) atoms. The lowest BCUT2D eigenvalue weighted by atomic mass is 9.83. The van der Waals surface area contributed by atoms with Gasteiger partial charge in [-0.3, -0.25) is 0 Å². The zero-order chi connectivity index (χ0) is 11.2. The van der Waals surface area contributed by atoms with E-state index < -0.39 is 0 Å². The lowest BCUT2D eigenvalue weighted by Crippen LogP contribution is -2.39. The van der Waals surface area contributed by atoms with Crippen LogP contribution in [0.15, 0.2) is 22.7 Å². The molecule has 2 fully saturated rings. The molecule has 3 heteroatoms. The van der Waals surface area contributed by atoms with Crippen LogP contribution >= 0.6 is 15.9 Å². The van der Waals surface area contributed by atoms with Crippen LogP contribution in [0.4, 0.5) is 4.39 Å². The fourth-order valence-corrected chi connectivity index (χ4v) is 3.34. The Morgan fingerprint density at radius 3 is 2.81 bits per heavy atom. The standard InChI is InChI=1S/C13H15BrFN/c14-10-4-5-12(15)11(8-10)13(9-2-3-9)6-1-7-16-13/h4-5,8-9,16H,1-3,6-7H2. The molecule has 1 N–H and O–H groups in total. The molecule has 1 aliphatic heterocycles. The summed E-state index contributed by atoms with van der Waals surface area (Å²) in [6.45, 7) is 1.02. The molecule has 0 aromatic heterocycles. The molecule has 86 valence electrons. The van der Waals surface area contributed by atoms with Gasteiger partial charge >= 0.3 is 0 Å². The Kier molecular flexibility index (Phi) is 2.55. The van der Waals surface area contributed by atoms with Gasteiger partial charge < -0.3 is 5.32 Å². The van der Waals surface area contributed by atoms with E-state index >= 15 is 0 Å². The molecule has 2 aliphatic rings. The van der Waals surface area contributed by atoms with Gasteiger partial charge in [-0.2, -0.15) is 0 Å². The van der Waals surface area contributed by atoms with Crippen molar-refractivity contribution in [3.63, 3.8) is 0 Å². The van der Waals surface area contributed by atoms with Crippen molar-refractivity contribution in [2.75, 3.05) is 6.54 Å². The van der Waals surface area contributed by atoms with Gasteiger partial charge in [0.25, 0.3) is 0 Å². The van der Waals surface area contributed by atoms with Crippen molar-refractivity contribution in [3.8, 4) is 0 Å². The van der Waals surface area contributed by atoms with E-state index in [-0.39, 0.29) is 11.4 Å². The van der Waals surface area contributed by atoms with Crippen LogP contribution in [0.5, 0.6) is 0 Å². The quantitative estimate of drug-likeness (QED) is 0.875. The summed E-state index contributed by atoms with van der Waals surface area (Å²) in [6.07, 6.45) is 4.70. The highest BCUT2D eigenvalue weighted by Gasteiger charge is 2.49. The highest BCUT2D eigenvalue weighted by molar-refractivity contribution is 9.10. The summed E-state index contributed by atoms with van der Waals surface area (Å²) in [5, 5.41) is 3.56. The van der Waals surface area contributed by atoms with E-state index in [0.29, 0.717) is 5.92 Å². The summed E-state index contributed by atoms with van der Waals surface area (Å²) >= 11 is 3.44. The Bertz CT molecular complexity index is 408. The topological polar surface area (TPSA) is 12.0 Å². The molecule has 1 aromatic carbocycles. The minimum absolute atomic E-state index is 0.0653. The fourth-order valence-electron chi connectivity index (χ4n) is 2.98. The van der Waals surface area contributed by atoms with Crippen LogP contribution in [0.3, 0.4) is 0 Å². The third-order valence-corrected chi connectivity index (χ3v) is 4.36. The van der Waals surface area contributed by atoms with Gasteiger partial charge in [-0.05, 0) is 56.3 Å². The summed E-state index contributed by atoms with van der Waals surface area (Å²) in [7, 11) is 0. The first-order valence-corrected chi connectivity index (χ1v) is 6.72. The first-order chi connectivity index (χ1) is 7.72. The van der Waals surface area contributed by atoms with Crippen molar-refractivity contribution in [3.05, 3.63) is 34.1 Å². The Morgan fingerprint density at radius 2 is 2.19 bits per heavy atom. The van der Waals surface area contributed by atoms with E-state index in [1.54, 1.807) is 12.1 Å². The van der Waals surface area contributed by atoms with Gasteiger partial charge in [0.05, 0.1) is 0 Å². The molecular weight excluding hydrogens is 269 g/mol. The summed E-state index contributed by atoms with van der Waals surface area (Å²) < 4.78 is 15.0. The summed E-state index contributed by atoms with van der Waals surface area (Å²) in [5.41, 5.74) is 0.787. The van der Waals surface area contributed by atoms with Crippen LogP contribution in [-0.2, 0) is 5.54 Å². The van der Waals surface area contributed by atoms with Gasteiger partial charge in [0.15, 0.2) is 0 Å². The monoisotopic (exact) mass is 283 g/mol. The van der Waals surface area contributed by atoms with Crippen molar-refractivity contribution in [2.45, 2.75) is 31.2 Å². The van der Waals surface area contributed by atoms with Gasteiger partial charge in [-0.25, -0.2) is 4.39 Å². The van der Waals surface area contributed by atoms with E-state index in [1.807, 2.05) is 6.07 Å². The van der Waals surface area contributed by atoms with Crippen LogP contribution in [0, 0.1) is 11.7 Å². The minimum atomic E-state index is -0.0755. The average molecular weight is 284 g/mol.